The lowest BCUT2D eigenvalue weighted by Crippen LogP contribution is -1.89. The molecule has 0 aromatic heterocycles. The maximum atomic E-state index is 4.63. The second kappa shape index (κ2) is 3.14. The predicted octanol–water partition coefficient (Wildman–Crippen LogP) is 1.04. The van der Waals surface area contributed by atoms with E-state index in [1.165, 1.54) is 14.4 Å². The Bertz CT molecular complexity index is 64.1. The highest BCUT2D eigenvalue weighted by molar-refractivity contribution is 7.37. The average molecular weight is 118 g/mol. The minimum Gasteiger partial charge on any atom is -0.231 e. The molecule has 0 atom stereocenters. The third-order valence-corrected chi connectivity index (χ3v) is 1.51. The molecule has 0 unspecified atom stereocenters. The molecule has 0 fully saturated rings. The zero-order valence-corrected chi connectivity index (χ0v) is 4.86. The molecule has 0 spiro atoms. The molecule has 40 valence electrons. The summed E-state index contributed by atoms with van der Waals surface area (Å²) < 4.78 is 0. The van der Waals surface area contributed by atoms with Crippen molar-refractivity contribution < 1.29 is 9.78 Å². The van der Waals surface area contributed by atoms with E-state index in [1.807, 2.05) is 0 Å². The highest BCUT2D eigenvalue weighted by atomic mass is 31.1. The van der Waals surface area contributed by atoms with Crippen LogP contribution in [0.2, 0.25) is 0 Å². The van der Waals surface area contributed by atoms with Crippen LogP contribution in [-0.4, -0.2) is 18.8 Å². The van der Waals surface area contributed by atoms with E-state index < -0.39 is 0 Å². The van der Waals surface area contributed by atoms with Crippen LogP contribution < -0.4 is 0 Å². The van der Waals surface area contributed by atoms with E-state index in [-0.39, 0.29) is 0 Å². The lowest BCUT2D eigenvalue weighted by Gasteiger charge is -1.89. The second-order valence-corrected chi connectivity index (χ2v) is 2.31. The van der Waals surface area contributed by atoms with Crippen LogP contribution in [-0.2, 0) is 9.78 Å². The first-order valence-corrected chi connectivity index (χ1v) is 3.41. The number of hydrogen-bond donors (Lipinski definition) is 0. The molecule has 0 aliphatic carbocycles. The van der Waals surface area contributed by atoms with Crippen LogP contribution in [0.3, 0.4) is 0 Å². The van der Waals surface area contributed by atoms with E-state index in [4.69, 9.17) is 0 Å². The van der Waals surface area contributed by atoms with Crippen molar-refractivity contribution in [2.75, 3.05) is 12.8 Å². The van der Waals surface area contributed by atoms with Crippen LogP contribution in [0, 0.1) is 0 Å². The molecule has 2 nitrogen and oxygen atoms in total. The van der Waals surface area contributed by atoms with E-state index in [0.717, 1.165) is 13.0 Å². The topological polar surface area (TPSA) is 18.5 Å². The second-order valence-electron chi connectivity index (χ2n) is 1.28. The molecule has 0 saturated heterocycles. The predicted molar refractivity (Wildman–Crippen MR) is 29.5 cm³/mol. The van der Waals surface area contributed by atoms with E-state index in [2.05, 4.69) is 9.78 Å². The molecule has 0 saturated carbocycles. The summed E-state index contributed by atoms with van der Waals surface area (Å²) in [6.45, 7) is 0.740. The quantitative estimate of drug-likeness (QED) is 0.349. The monoisotopic (exact) mass is 118 g/mol. The van der Waals surface area contributed by atoms with Crippen LogP contribution in [0.25, 0.3) is 0 Å². The van der Waals surface area contributed by atoms with Crippen molar-refractivity contribution >= 4 is 14.2 Å². The Labute approximate surface area is 44.2 Å². The summed E-state index contributed by atoms with van der Waals surface area (Å²) in [5.41, 5.74) is 0. The van der Waals surface area contributed by atoms with Crippen LogP contribution in [0.1, 0.15) is 6.42 Å². The highest BCUT2D eigenvalue weighted by Gasteiger charge is 1.89. The average Bonchev–Trinajstić information content (AvgIpc) is 1.90. The van der Waals surface area contributed by atoms with Gasteiger partial charge >= 0.3 is 0 Å². The van der Waals surface area contributed by atoms with Gasteiger partial charge in [-0.2, -0.15) is 0 Å². The first kappa shape index (κ1) is 5.23. The summed E-state index contributed by atoms with van der Waals surface area (Å²) >= 11 is 0. The van der Waals surface area contributed by atoms with Crippen molar-refractivity contribution in [2.45, 2.75) is 6.42 Å². The molecule has 0 bridgehead atoms. The lowest BCUT2D eigenvalue weighted by atomic mass is 10.5. The molecule has 1 rings (SSSR count). The molecule has 0 amide bonds. The van der Waals surface area contributed by atoms with Gasteiger partial charge in [-0.1, -0.05) is 8.20 Å². The van der Waals surface area contributed by atoms with Crippen LogP contribution in [0.5, 0.6) is 0 Å². The van der Waals surface area contributed by atoms with Gasteiger partial charge in [0.2, 0.25) is 0 Å². The number of rotatable bonds is 0. The molecule has 0 aromatic rings. The molecule has 1 aliphatic rings. The van der Waals surface area contributed by atoms with E-state index >= 15 is 0 Å². The van der Waals surface area contributed by atoms with Crippen molar-refractivity contribution in [1.82, 2.24) is 0 Å². The van der Waals surface area contributed by atoms with Gasteiger partial charge in [-0.05, 0) is 12.6 Å². The SMILES string of the molecule is C1=PCCCOO1. The van der Waals surface area contributed by atoms with Crippen molar-refractivity contribution in [3.63, 3.8) is 0 Å². The zero-order valence-electron chi connectivity index (χ0n) is 3.96. The highest BCUT2D eigenvalue weighted by Crippen LogP contribution is 2.01. The van der Waals surface area contributed by atoms with Gasteiger partial charge in [-0.15, -0.1) is 0 Å². The smallest absolute Gasteiger partial charge is 0.0994 e. The summed E-state index contributed by atoms with van der Waals surface area (Å²) in [6, 6.07) is 0. The van der Waals surface area contributed by atoms with Gasteiger partial charge in [0.25, 0.3) is 0 Å². The molecule has 3 heteroatoms. The van der Waals surface area contributed by atoms with Gasteiger partial charge in [0.1, 0.15) is 0 Å². The standard InChI is InChI=1S/C4H7O2P/c1-2-5-6-4-7-3-1/h4H,1-3H2. The third-order valence-electron chi connectivity index (χ3n) is 0.700. The Hall–Kier alpha value is 0.0900. The number of hydrogen-bond acceptors (Lipinski definition) is 2. The largest absolute Gasteiger partial charge is 0.231 e. The zero-order chi connectivity index (χ0) is 4.95. The summed E-state index contributed by atoms with van der Waals surface area (Å²) in [5.74, 6) is 1.67. The summed E-state index contributed by atoms with van der Waals surface area (Å²) in [5, 5.41) is 0. The Morgan fingerprint density at radius 1 is 1.57 bits per heavy atom. The molecule has 0 radical (unpaired) electrons. The summed E-state index contributed by atoms with van der Waals surface area (Å²) in [4.78, 5) is 9.19. The molecular weight excluding hydrogens is 111 g/mol. The Morgan fingerprint density at radius 3 is 3.57 bits per heavy atom. The van der Waals surface area contributed by atoms with Gasteiger partial charge < -0.3 is 0 Å². The molecule has 1 heterocycles. The van der Waals surface area contributed by atoms with Crippen molar-refractivity contribution in [3.05, 3.63) is 0 Å². The van der Waals surface area contributed by atoms with Crippen molar-refractivity contribution in [2.24, 2.45) is 0 Å². The van der Waals surface area contributed by atoms with Gasteiger partial charge in [0.15, 0.2) is 0 Å². The minimum absolute atomic E-state index is 0.740. The fraction of sp³-hybridized carbons (Fsp3) is 0.750. The molecule has 7 heavy (non-hydrogen) atoms. The van der Waals surface area contributed by atoms with Gasteiger partial charge in [-0.3, -0.25) is 0 Å². The van der Waals surface area contributed by atoms with E-state index in [0.29, 0.717) is 0 Å². The maximum absolute atomic E-state index is 4.63. The van der Waals surface area contributed by atoms with E-state index in [9.17, 15) is 0 Å². The van der Waals surface area contributed by atoms with Crippen LogP contribution in [0.4, 0.5) is 0 Å². The minimum atomic E-state index is 0.740. The summed E-state index contributed by atoms with van der Waals surface area (Å²) in [7, 11) is 1.23. The Morgan fingerprint density at radius 2 is 2.57 bits per heavy atom. The molecule has 0 N–H and O–H groups in total. The normalized spacial score (nSPS) is 24.0. The first-order chi connectivity index (χ1) is 3.50. The van der Waals surface area contributed by atoms with Crippen LogP contribution >= 0.6 is 8.20 Å². The van der Waals surface area contributed by atoms with Gasteiger partial charge in [0.05, 0.1) is 12.6 Å². The van der Waals surface area contributed by atoms with Gasteiger partial charge in [-0.25, -0.2) is 9.78 Å². The fourth-order valence-corrected chi connectivity index (χ4v) is 0.915. The van der Waals surface area contributed by atoms with E-state index in [1.54, 1.807) is 5.98 Å². The summed E-state index contributed by atoms with van der Waals surface area (Å²) in [6.07, 6.45) is 2.28. The molecular formula is C4H7O2P. The Balaban J connectivity index is 2.20. The van der Waals surface area contributed by atoms with Crippen LogP contribution in [0.15, 0.2) is 0 Å². The Kier molecular flexibility index (Phi) is 2.35. The van der Waals surface area contributed by atoms with Gasteiger partial charge in [0, 0.05) is 0 Å². The molecule has 0 aromatic carbocycles. The van der Waals surface area contributed by atoms with Crippen molar-refractivity contribution in [1.29, 1.82) is 0 Å². The molecule has 1 aliphatic heterocycles. The lowest BCUT2D eigenvalue weighted by molar-refractivity contribution is -0.212. The first-order valence-electron chi connectivity index (χ1n) is 2.27. The van der Waals surface area contributed by atoms with Crippen molar-refractivity contribution in [3.8, 4) is 0 Å². The fourth-order valence-electron chi connectivity index (χ4n) is 0.376. The maximum Gasteiger partial charge on any atom is 0.0994 e. The third kappa shape index (κ3) is 2.03.